The molecule has 0 radical (unpaired) electrons. The monoisotopic (exact) mass is 612 g/mol. The number of halogens is 3. The molecule has 2 fully saturated rings. The predicted molar refractivity (Wildman–Crippen MR) is 154 cm³/mol. The third-order valence-corrected chi connectivity index (χ3v) is 9.00. The van der Waals surface area contributed by atoms with E-state index in [2.05, 4.69) is 10.1 Å². The van der Waals surface area contributed by atoms with Gasteiger partial charge in [-0.25, -0.2) is 14.7 Å². The lowest BCUT2D eigenvalue weighted by atomic mass is 10.0. The van der Waals surface area contributed by atoms with Crippen LogP contribution in [0.4, 0.5) is 29.5 Å². The van der Waals surface area contributed by atoms with Crippen LogP contribution in [0.15, 0.2) is 59.3 Å². The first-order valence-corrected chi connectivity index (χ1v) is 14.6. The fraction of sp³-hybridized carbons (Fsp3) is 0.345. The molecule has 14 heteroatoms. The van der Waals surface area contributed by atoms with Crippen molar-refractivity contribution in [3.63, 3.8) is 0 Å². The molecule has 43 heavy (non-hydrogen) atoms. The summed E-state index contributed by atoms with van der Waals surface area (Å²) >= 11 is 1.55. The van der Waals surface area contributed by atoms with E-state index in [1.165, 1.54) is 0 Å². The molecule has 0 bridgehead atoms. The number of nitrogens with two attached hydrogens (primary N) is 1. The molecule has 0 spiro atoms. The van der Waals surface area contributed by atoms with Gasteiger partial charge in [0.1, 0.15) is 17.8 Å². The van der Waals surface area contributed by atoms with Gasteiger partial charge in [-0.05, 0) is 43.2 Å². The number of carbonyl (C=O) groups is 1. The van der Waals surface area contributed by atoms with E-state index in [1.54, 1.807) is 35.6 Å². The molecule has 1 aliphatic heterocycles. The highest BCUT2D eigenvalue weighted by molar-refractivity contribution is 7.23. The Morgan fingerprint density at radius 1 is 1.12 bits per heavy atom. The summed E-state index contributed by atoms with van der Waals surface area (Å²) in [6, 6.07) is 13.0. The molecular weight excluding hydrogens is 585 g/mol. The Morgan fingerprint density at radius 3 is 2.58 bits per heavy atom. The van der Waals surface area contributed by atoms with Gasteiger partial charge >= 0.3 is 12.2 Å². The number of anilines is 2. The van der Waals surface area contributed by atoms with Gasteiger partial charge in [0.2, 0.25) is 0 Å². The number of nitrogens with zero attached hydrogens (tertiary/aromatic N) is 5. The highest BCUT2D eigenvalue weighted by atomic mass is 32.1. The molecule has 224 valence electrons. The summed E-state index contributed by atoms with van der Waals surface area (Å²) in [6.07, 6.45) is -2.70. The molecule has 7 rings (SSSR count). The van der Waals surface area contributed by atoms with Gasteiger partial charge in [-0.2, -0.15) is 13.2 Å². The van der Waals surface area contributed by atoms with E-state index in [9.17, 15) is 18.0 Å². The lowest BCUT2D eigenvalue weighted by Crippen LogP contribution is -2.38. The predicted octanol–water partition coefficient (Wildman–Crippen LogP) is 5.73. The Kier molecular flexibility index (Phi) is 6.78. The van der Waals surface area contributed by atoms with Gasteiger partial charge in [-0.3, -0.25) is 9.30 Å². The highest BCUT2D eigenvalue weighted by Gasteiger charge is 2.67. The number of hydrogen-bond donors (Lipinski definition) is 1. The fourth-order valence-electron chi connectivity index (χ4n) is 5.37. The standard InChI is InChI=1S/C29H27F3N6O4S/c30-29(31,32)28(7-8-28)24-16-25(35-42-24)38(26(33)39)19-3-1-18(2-4-19)21-17-37-22-6-5-20(15-23(22)43-27(37)34-21)41-14-11-36-9-12-40-13-10-36/h1-6,15-17H,7-14H2,(H2,33,39). The number of imidazole rings is 1. The van der Waals surface area contributed by atoms with Crippen molar-refractivity contribution in [3.05, 3.63) is 60.5 Å². The third kappa shape index (κ3) is 5.08. The number of rotatable bonds is 8. The van der Waals surface area contributed by atoms with Crippen LogP contribution in [0.1, 0.15) is 18.6 Å². The number of ether oxygens (including phenoxy) is 2. The molecule has 3 aromatic heterocycles. The number of aromatic nitrogens is 3. The molecule has 2 aliphatic rings. The van der Waals surface area contributed by atoms with Crippen LogP contribution in [-0.2, 0) is 10.2 Å². The summed E-state index contributed by atoms with van der Waals surface area (Å²) in [7, 11) is 0. The number of fused-ring (bicyclic) bond motifs is 3. The van der Waals surface area contributed by atoms with E-state index in [0.717, 1.165) is 76.0 Å². The van der Waals surface area contributed by atoms with Gasteiger partial charge in [-0.1, -0.05) is 28.6 Å². The van der Waals surface area contributed by atoms with Crippen LogP contribution >= 0.6 is 11.3 Å². The molecule has 2 N–H and O–H groups in total. The van der Waals surface area contributed by atoms with Crippen molar-refractivity contribution < 1.29 is 32.0 Å². The van der Waals surface area contributed by atoms with Crippen LogP contribution < -0.4 is 15.4 Å². The lowest BCUT2D eigenvalue weighted by molar-refractivity contribution is -0.165. The second kappa shape index (κ2) is 10.5. The third-order valence-electron chi connectivity index (χ3n) is 7.98. The maximum absolute atomic E-state index is 13.5. The minimum Gasteiger partial charge on any atom is -0.492 e. The van der Waals surface area contributed by atoms with E-state index >= 15 is 0 Å². The number of thiazole rings is 1. The van der Waals surface area contributed by atoms with Gasteiger partial charge in [0.15, 0.2) is 16.5 Å². The first kappa shape index (κ1) is 27.7. The molecule has 1 saturated heterocycles. The lowest BCUT2D eigenvalue weighted by Gasteiger charge is -2.26. The highest BCUT2D eigenvalue weighted by Crippen LogP contribution is 2.59. The molecule has 2 aromatic carbocycles. The Bertz CT molecular complexity index is 1790. The first-order chi connectivity index (χ1) is 20.7. The summed E-state index contributed by atoms with van der Waals surface area (Å²) in [5.74, 6) is 0.379. The zero-order valence-electron chi connectivity index (χ0n) is 22.8. The molecule has 4 heterocycles. The van der Waals surface area contributed by atoms with Crippen molar-refractivity contribution in [2.75, 3.05) is 44.4 Å². The van der Waals surface area contributed by atoms with E-state index in [0.29, 0.717) is 12.3 Å². The van der Waals surface area contributed by atoms with Crippen LogP contribution in [0.2, 0.25) is 0 Å². The number of amides is 2. The Labute approximate surface area is 247 Å². The Hall–Kier alpha value is -4.14. The fourth-order valence-corrected chi connectivity index (χ4v) is 6.41. The second-order valence-electron chi connectivity index (χ2n) is 10.7. The average molecular weight is 613 g/mol. The number of hydrogen-bond acceptors (Lipinski definition) is 8. The van der Waals surface area contributed by atoms with Crippen molar-refractivity contribution in [2.24, 2.45) is 5.73 Å². The van der Waals surface area contributed by atoms with E-state index in [4.69, 9.17) is 24.7 Å². The summed E-state index contributed by atoms with van der Waals surface area (Å²) in [4.78, 5) is 21.2. The Morgan fingerprint density at radius 2 is 1.88 bits per heavy atom. The van der Waals surface area contributed by atoms with Gasteiger partial charge in [-0.15, -0.1) is 0 Å². The summed E-state index contributed by atoms with van der Waals surface area (Å²) in [6.45, 7) is 4.83. The average Bonchev–Trinajstić information content (AvgIpc) is 3.33. The normalized spacial score (nSPS) is 17.0. The summed E-state index contributed by atoms with van der Waals surface area (Å²) in [5.41, 5.74) is 6.38. The number of carbonyl (C=O) groups excluding carboxylic acids is 1. The first-order valence-electron chi connectivity index (χ1n) is 13.8. The Balaban J connectivity index is 1.07. The molecule has 5 aromatic rings. The molecule has 1 aliphatic carbocycles. The van der Waals surface area contributed by atoms with Crippen molar-refractivity contribution in [2.45, 2.75) is 24.4 Å². The van der Waals surface area contributed by atoms with Gasteiger partial charge in [0, 0.05) is 37.5 Å². The van der Waals surface area contributed by atoms with Gasteiger partial charge < -0.3 is 19.7 Å². The summed E-state index contributed by atoms with van der Waals surface area (Å²) in [5, 5.41) is 3.73. The second-order valence-corrected chi connectivity index (χ2v) is 11.7. The number of benzene rings is 2. The van der Waals surface area contributed by atoms with Crippen LogP contribution in [0.25, 0.3) is 26.4 Å². The number of morpholine rings is 1. The van der Waals surface area contributed by atoms with E-state index in [-0.39, 0.29) is 24.4 Å². The maximum atomic E-state index is 13.5. The molecule has 1 saturated carbocycles. The van der Waals surface area contributed by atoms with Crippen LogP contribution in [0, 0.1) is 0 Å². The molecule has 0 unspecified atom stereocenters. The molecular formula is C29H27F3N6O4S. The van der Waals surface area contributed by atoms with Crippen LogP contribution in [-0.4, -0.2) is 71.1 Å². The quantitative estimate of drug-likeness (QED) is 0.238. The minimum atomic E-state index is -4.47. The smallest absolute Gasteiger partial charge is 0.401 e. The van der Waals surface area contributed by atoms with Crippen molar-refractivity contribution in [3.8, 4) is 17.0 Å². The minimum absolute atomic E-state index is 0.0852. The van der Waals surface area contributed by atoms with E-state index < -0.39 is 17.6 Å². The number of urea groups is 1. The number of primary amides is 1. The largest absolute Gasteiger partial charge is 0.492 e. The molecule has 0 atom stereocenters. The van der Waals surface area contributed by atoms with Crippen LogP contribution in [0.5, 0.6) is 5.75 Å². The number of alkyl halides is 3. The molecule has 10 nitrogen and oxygen atoms in total. The zero-order chi connectivity index (χ0) is 29.8. The maximum Gasteiger partial charge on any atom is 0.401 e. The van der Waals surface area contributed by atoms with Gasteiger partial charge in [0.05, 0.1) is 34.8 Å². The van der Waals surface area contributed by atoms with Gasteiger partial charge in [0.25, 0.3) is 0 Å². The van der Waals surface area contributed by atoms with Crippen molar-refractivity contribution >= 4 is 44.1 Å². The molecule has 2 amide bonds. The van der Waals surface area contributed by atoms with Crippen molar-refractivity contribution in [1.29, 1.82) is 0 Å². The van der Waals surface area contributed by atoms with E-state index in [1.807, 2.05) is 28.8 Å². The van der Waals surface area contributed by atoms with Crippen LogP contribution in [0.3, 0.4) is 0 Å². The SMILES string of the molecule is NC(=O)N(c1ccc(-c2cn3c(n2)sc2cc(OCCN4CCOCC4)ccc23)cc1)c1cc(C2(C(F)(F)F)CC2)on1. The zero-order valence-corrected chi connectivity index (χ0v) is 23.7. The summed E-state index contributed by atoms with van der Waals surface area (Å²) < 4.78 is 60.1. The topological polar surface area (TPSA) is 111 Å². The van der Waals surface area contributed by atoms with Crippen molar-refractivity contribution in [1.82, 2.24) is 19.4 Å².